The molecule has 3 fully saturated rings. The maximum Gasteiger partial charge on any atom is 0.404 e. The second kappa shape index (κ2) is 5.69. The minimum absolute atomic E-state index is 0.00264. The van der Waals surface area contributed by atoms with Gasteiger partial charge in [0, 0.05) is 30.8 Å². The molecule has 10 heteroatoms. The summed E-state index contributed by atoms with van der Waals surface area (Å²) in [7, 11) is 3.15. The third kappa shape index (κ3) is 1.91. The highest BCUT2D eigenvalue weighted by molar-refractivity contribution is 6.07. The lowest BCUT2D eigenvalue weighted by Gasteiger charge is -2.40. The van der Waals surface area contributed by atoms with E-state index in [0.29, 0.717) is 42.4 Å². The Morgan fingerprint density at radius 2 is 2.07 bits per heavy atom. The zero-order valence-electron chi connectivity index (χ0n) is 15.9. The first-order valence-electron chi connectivity index (χ1n) is 9.26. The van der Waals surface area contributed by atoms with Gasteiger partial charge in [0.05, 0.1) is 38.0 Å². The lowest BCUT2D eigenvalue weighted by atomic mass is 9.80. The third-order valence-electron chi connectivity index (χ3n) is 6.52. The summed E-state index contributed by atoms with van der Waals surface area (Å²) >= 11 is 0. The number of piperazine rings is 1. The summed E-state index contributed by atoms with van der Waals surface area (Å²) in [5.74, 6) is -1.86. The Morgan fingerprint density at radius 3 is 2.68 bits per heavy atom. The van der Waals surface area contributed by atoms with Crippen molar-refractivity contribution in [1.82, 2.24) is 10.2 Å². The van der Waals surface area contributed by atoms with Crippen LogP contribution in [0.4, 0.5) is 4.79 Å². The molecule has 0 saturated carbocycles. The van der Waals surface area contributed by atoms with Gasteiger partial charge in [-0.25, -0.2) is 4.79 Å². The number of nitrogens with one attached hydrogen (secondary N) is 1. The Kier molecular flexibility index (Phi) is 3.64. The van der Waals surface area contributed by atoms with Crippen molar-refractivity contribution in [2.45, 2.75) is 30.5 Å². The monoisotopic (exact) mass is 393 g/mol. The van der Waals surface area contributed by atoms with Gasteiger partial charge in [0.2, 0.25) is 5.78 Å². The first kappa shape index (κ1) is 17.9. The first-order valence-corrected chi connectivity index (χ1v) is 9.26. The number of carbonyl (C=O) groups excluding carboxylic acids is 2. The van der Waals surface area contributed by atoms with Crippen molar-refractivity contribution < 1.29 is 33.3 Å². The van der Waals surface area contributed by atoms with Crippen molar-refractivity contribution in [1.29, 1.82) is 0 Å². The van der Waals surface area contributed by atoms with Crippen LogP contribution in [-0.4, -0.2) is 81.0 Å². The minimum atomic E-state index is -1.51. The van der Waals surface area contributed by atoms with Crippen LogP contribution in [-0.2, 0) is 28.5 Å². The van der Waals surface area contributed by atoms with Crippen LogP contribution in [0.2, 0.25) is 0 Å². The van der Waals surface area contributed by atoms with E-state index in [1.807, 2.05) is 4.90 Å². The van der Waals surface area contributed by atoms with Crippen molar-refractivity contribution in [2.24, 2.45) is 11.7 Å². The number of carbonyl (C=O) groups is 2. The van der Waals surface area contributed by atoms with Crippen molar-refractivity contribution in [3.05, 3.63) is 22.6 Å². The minimum Gasteiger partial charge on any atom is -0.494 e. The molecule has 1 spiro atoms. The summed E-state index contributed by atoms with van der Waals surface area (Å²) in [6.07, 6.45) is -0.907. The van der Waals surface area contributed by atoms with Gasteiger partial charge in [-0.1, -0.05) is 0 Å². The van der Waals surface area contributed by atoms with Gasteiger partial charge in [-0.3, -0.25) is 4.79 Å². The molecule has 3 saturated heterocycles. The topological polar surface area (TPSA) is 131 Å². The third-order valence-corrected chi connectivity index (χ3v) is 6.52. The largest absolute Gasteiger partial charge is 0.494 e. The van der Waals surface area contributed by atoms with Crippen molar-refractivity contribution in [2.75, 3.05) is 40.6 Å². The summed E-state index contributed by atoms with van der Waals surface area (Å²) in [4.78, 5) is 27.1. The maximum atomic E-state index is 13.7. The second-order valence-electron chi connectivity index (χ2n) is 7.56. The van der Waals surface area contributed by atoms with Crippen LogP contribution < -0.4 is 11.1 Å². The Morgan fingerprint density at radius 1 is 1.36 bits per heavy atom. The summed E-state index contributed by atoms with van der Waals surface area (Å²) in [5.41, 5.74) is 6.00. The van der Waals surface area contributed by atoms with Crippen LogP contribution in [0.3, 0.4) is 0 Å². The van der Waals surface area contributed by atoms with Crippen LogP contribution in [0.1, 0.15) is 6.92 Å². The van der Waals surface area contributed by atoms with Gasteiger partial charge in [-0.05, 0) is 6.92 Å². The van der Waals surface area contributed by atoms with Gasteiger partial charge in [0.25, 0.3) is 5.79 Å². The molecule has 152 valence electrons. The van der Waals surface area contributed by atoms with E-state index in [9.17, 15) is 9.59 Å². The predicted molar refractivity (Wildman–Crippen MR) is 92.6 cm³/mol. The van der Waals surface area contributed by atoms with E-state index in [-0.39, 0.29) is 24.5 Å². The first-order chi connectivity index (χ1) is 13.4. The van der Waals surface area contributed by atoms with Crippen molar-refractivity contribution >= 4 is 11.9 Å². The highest BCUT2D eigenvalue weighted by Crippen LogP contribution is 2.58. The molecule has 4 aliphatic heterocycles. The summed E-state index contributed by atoms with van der Waals surface area (Å²) < 4.78 is 28.5. The summed E-state index contributed by atoms with van der Waals surface area (Å²) in [6.45, 7) is 2.93. The van der Waals surface area contributed by atoms with Gasteiger partial charge in [0.1, 0.15) is 12.4 Å². The maximum absolute atomic E-state index is 13.7. The standard InChI is InChI=1S/C18H23N3O7/c1-8-13(24-2)12-11(15(22)18(8)27-4-5-28-18)9(7-26-16(19)23)17(25-3)14-10(20-14)6-21(12)17/h9-10,14,20H,4-7H2,1-3H3,(H2,19,23)/t9-,10+,14+,17-/m1/s1. The molecule has 4 atom stereocenters. The number of nitrogens with zero attached hydrogens (tertiary/aromatic N) is 1. The van der Waals surface area contributed by atoms with E-state index in [1.165, 1.54) is 0 Å². The number of hydrogen-bond donors (Lipinski definition) is 2. The summed E-state index contributed by atoms with van der Waals surface area (Å²) in [5, 5.41) is 3.38. The Labute approximate surface area is 161 Å². The SMILES string of the molecule is COC1=C(C)C2(OCCO2)C(=O)C2=C1N1C[C@@H]3N[C@@H]3[C@]1(OC)[C@@H]2COC(N)=O. The molecule has 0 radical (unpaired) electrons. The molecule has 0 aromatic rings. The Hall–Kier alpha value is -2.14. The molecule has 3 N–H and O–H groups in total. The highest BCUT2D eigenvalue weighted by atomic mass is 16.7. The van der Waals surface area contributed by atoms with E-state index >= 15 is 0 Å². The van der Waals surface area contributed by atoms with E-state index in [4.69, 9.17) is 29.4 Å². The Bertz CT molecular complexity index is 831. The van der Waals surface area contributed by atoms with E-state index in [2.05, 4.69) is 5.32 Å². The van der Waals surface area contributed by atoms with E-state index in [0.717, 1.165) is 0 Å². The number of ether oxygens (including phenoxy) is 5. The number of rotatable bonds is 4. The molecular formula is C18H23N3O7. The number of hydrogen-bond acceptors (Lipinski definition) is 9. The van der Waals surface area contributed by atoms with Gasteiger partial charge in [-0.15, -0.1) is 0 Å². The van der Waals surface area contributed by atoms with Crippen molar-refractivity contribution in [3.63, 3.8) is 0 Å². The average molecular weight is 393 g/mol. The Balaban J connectivity index is 1.69. The van der Waals surface area contributed by atoms with Crippen molar-refractivity contribution in [3.8, 4) is 0 Å². The lowest BCUT2D eigenvalue weighted by molar-refractivity contribution is -0.166. The molecule has 1 aliphatic carbocycles. The number of ketones is 1. The molecule has 0 unspecified atom stereocenters. The fourth-order valence-electron chi connectivity index (χ4n) is 5.38. The average Bonchev–Trinajstić information content (AvgIpc) is 3.05. The highest BCUT2D eigenvalue weighted by Gasteiger charge is 2.74. The molecule has 1 amide bonds. The zero-order valence-corrected chi connectivity index (χ0v) is 15.9. The van der Waals surface area contributed by atoms with Gasteiger partial charge in [-0.2, -0.15) is 0 Å². The molecule has 4 heterocycles. The van der Waals surface area contributed by atoms with Gasteiger partial charge >= 0.3 is 6.09 Å². The number of amides is 1. The number of Topliss-reactive ketones (excluding diaryl/α,β-unsaturated/α-hetero) is 1. The second-order valence-corrected chi connectivity index (χ2v) is 7.56. The molecule has 5 rings (SSSR count). The molecule has 28 heavy (non-hydrogen) atoms. The molecule has 5 aliphatic rings. The molecule has 0 aromatic carbocycles. The van der Waals surface area contributed by atoms with Crippen LogP contribution in [0, 0.1) is 5.92 Å². The molecule has 10 nitrogen and oxygen atoms in total. The predicted octanol–water partition coefficient (Wildman–Crippen LogP) is -0.789. The fourth-order valence-corrected chi connectivity index (χ4v) is 5.38. The van der Waals surface area contributed by atoms with Gasteiger partial charge in [0.15, 0.2) is 5.72 Å². The number of primary amides is 1. The smallest absolute Gasteiger partial charge is 0.404 e. The summed E-state index contributed by atoms with van der Waals surface area (Å²) in [6, 6.07) is 0.227. The normalized spacial score (nSPS) is 37.3. The molecule has 0 aromatic heterocycles. The quantitative estimate of drug-likeness (QED) is 0.590. The van der Waals surface area contributed by atoms with Crippen LogP contribution in [0.25, 0.3) is 0 Å². The zero-order chi connectivity index (χ0) is 19.8. The molecule has 0 bridgehead atoms. The van der Waals surface area contributed by atoms with Crippen LogP contribution in [0.15, 0.2) is 22.6 Å². The number of methoxy groups -OCH3 is 2. The van der Waals surface area contributed by atoms with Crippen LogP contribution >= 0.6 is 0 Å². The number of fused-ring (bicyclic) bond motifs is 4. The lowest BCUT2D eigenvalue weighted by Crippen LogP contribution is -2.55. The van der Waals surface area contributed by atoms with E-state index in [1.54, 1.807) is 21.1 Å². The van der Waals surface area contributed by atoms with Gasteiger partial charge < -0.3 is 39.6 Å². The van der Waals surface area contributed by atoms with E-state index < -0.39 is 23.5 Å². The molecular weight excluding hydrogens is 370 g/mol. The fraction of sp³-hybridized carbons (Fsp3) is 0.667. The van der Waals surface area contributed by atoms with Crippen LogP contribution in [0.5, 0.6) is 0 Å². The number of nitrogens with two attached hydrogens (primary N) is 1.